The Hall–Kier alpha value is -3.76. The number of nitrogens with two attached hydrogens (primary N) is 1. The summed E-state index contributed by atoms with van der Waals surface area (Å²) in [7, 11) is 0. The number of hydrogen-bond donors (Lipinski definition) is 4. The molecule has 2 aliphatic rings. The second-order valence-electron chi connectivity index (χ2n) is 8.27. The molecule has 0 unspecified atom stereocenters. The van der Waals surface area contributed by atoms with E-state index in [1.54, 1.807) is 41.3 Å². The van der Waals surface area contributed by atoms with Gasteiger partial charge in [-0.1, -0.05) is 13.0 Å². The molecule has 0 spiro atoms. The average molecular weight is 466 g/mol. The maximum atomic E-state index is 13.1. The second-order valence-corrected chi connectivity index (χ2v) is 8.27. The number of aliphatic hydroxyl groups excluding tert-OH is 1. The van der Waals surface area contributed by atoms with E-state index in [4.69, 9.17) is 15.9 Å². The van der Waals surface area contributed by atoms with Gasteiger partial charge in [0, 0.05) is 42.1 Å². The molecule has 2 aromatic carbocycles. The molecule has 2 heterocycles. The van der Waals surface area contributed by atoms with Gasteiger partial charge < -0.3 is 30.7 Å². The second kappa shape index (κ2) is 9.62. The van der Waals surface area contributed by atoms with Crippen LogP contribution >= 0.6 is 0 Å². The lowest BCUT2D eigenvalue weighted by molar-refractivity contribution is -0.150. The van der Waals surface area contributed by atoms with Gasteiger partial charge in [0.05, 0.1) is 6.61 Å². The van der Waals surface area contributed by atoms with Crippen molar-refractivity contribution in [2.45, 2.75) is 32.1 Å². The van der Waals surface area contributed by atoms with Gasteiger partial charge in [-0.2, -0.15) is 0 Å². The predicted molar refractivity (Wildman–Crippen MR) is 126 cm³/mol. The zero-order chi connectivity index (χ0) is 24.4. The molecule has 0 aromatic heterocycles. The van der Waals surface area contributed by atoms with Crippen molar-refractivity contribution in [2.75, 3.05) is 29.9 Å². The number of nitrogens with one attached hydrogen (secondary N) is 2. The molecule has 5 N–H and O–H groups in total. The van der Waals surface area contributed by atoms with E-state index in [-0.39, 0.29) is 24.9 Å². The summed E-state index contributed by atoms with van der Waals surface area (Å²) in [6.45, 7) is 3.59. The van der Waals surface area contributed by atoms with Crippen LogP contribution in [0.25, 0.3) is 0 Å². The number of nitrogens with zero attached hydrogens (tertiary/aromatic N) is 2. The molecular formula is C24H27N5O5. The molecule has 1 fully saturated rings. The van der Waals surface area contributed by atoms with Gasteiger partial charge in [0.15, 0.2) is 12.2 Å². The lowest BCUT2D eigenvalue weighted by atomic mass is 10.1. The summed E-state index contributed by atoms with van der Waals surface area (Å²) in [5.74, 6) is -1.52. The highest BCUT2D eigenvalue weighted by Crippen LogP contribution is 2.29. The highest BCUT2D eigenvalue weighted by Gasteiger charge is 2.40. The Morgan fingerprint density at radius 1 is 1.26 bits per heavy atom. The molecule has 178 valence electrons. The minimum atomic E-state index is -1.74. The van der Waals surface area contributed by atoms with Crippen LogP contribution in [0.3, 0.4) is 0 Å². The Morgan fingerprint density at radius 2 is 2.00 bits per heavy atom. The Kier molecular flexibility index (Phi) is 6.62. The van der Waals surface area contributed by atoms with Crippen molar-refractivity contribution in [3.8, 4) is 0 Å². The van der Waals surface area contributed by atoms with E-state index >= 15 is 0 Å². The fourth-order valence-corrected chi connectivity index (χ4v) is 4.14. The molecule has 4 rings (SSSR count). The molecule has 10 heteroatoms. The van der Waals surface area contributed by atoms with Crippen molar-refractivity contribution < 1.29 is 24.2 Å². The molecule has 0 aliphatic carbocycles. The van der Waals surface area contributed by atoms with Gasteiger partial charge in [0.1, 0.15) is 5.84 Å². The number of ether oxygens (including phenoxy) is 1. The topological polar surface area (TPSA) is 149 Å². The highest BCUT2D eigenvalue weighted by molar-refractivity contribution is 6.05. The number of morpholine rings is 1. The van der Waals surface area contributed by atoms with E-state index in [9.17, 15) is 19.5 Å². The largest absolute Gasteiger partial charge is 0.384 e. The average Bonchev–Trinajstić information content (AvgIpc) is 3.14. The number of nitrogen functional groups attached to an aromatic ring is 1. The van der Waals surface area contributed by atoms with Gasteiger partial charge in [-0.15, -0.1) is 0 Å². The van der Waals surface area contributed by atoms with Crippen LogP contribution < -0.4 is 16.0 Å². The minimum absolute atomic E-state index is 0.0637. The number of amides is 3. The molecular weight excluding hydrogens is 438 g/mol. The van der Waals surface area contributed by atoms with Crippen LogP contribution in [0.15, 0.2) is 42.5 Å². The lowest BCUT2D eigenvalue weighted by Crippen LogP contribution is -2.55. The maximum absolute atomic E-state index is 13.1. The summed E-state index contributed by atoms with van der Waals surface area (Å²) in [6, 6.07) is 11.5. The molecule has 0 bridgehead atoms. The van der Waals surface area contributed by atoms with E-state index < -0.39 is 24.0 Å². The first-order valence-corrected chi connectivity index (χ1v) is 11.1. The highest BCUT2D eigenvalue weighted by atomic mass is 16.5. The molecule has 0 radical (unpaired) electrons. The Morgan fingerprint density at radius 3 is 2.68 bits per heavy atom. The number of carbonyl (C=O) groups is 3. The van der Waals surface area contributed by atoms with Gasteiger partial charge in [-0.05, 0) is 48.4 Å². The van der Waals surface area contributed by atoms with Crippen molar-refractivity contribution in [2.24, 2.45) is 5.73 Å². The third-order valence-corrected chi connectivity index (χ3v) is 5.92. The van der Waals surface area contributed by atoms with E-state index in [1.165, 1.54) is 4.90 Å². The number of anilines is 2. The van der Waals surface area contributed by atoms with Gasteiger partial charge in [-0.3, -0.25) is 19.8 Å². The quantitative estimate of drug-likeness (QED) is 0.355. The fraction of sp³-hybridized carbons (Fsp3) is 0.333. The smallest absolute Gasteiger partial charge is 0.259 e. The van der Waals surface area contributed by atoms with Crippen molar-refractivity contribution in [3.63, 3.8) is 0 Å². The van der Waals surface area contributed by atoms with Crippen LogP contribution in [0.2, 0.25) is 0 Å². The first-order valence-electron chi connectivity index (χ1n) is 11.1. The SMILES string of the molecule is CCCN1Cc2ccc(N3CCO[C@H]([C@@H](O)C(=O)Nc4ccc(C(=N)N)cc4)C3=O)cc2C1=O. The first-order chi connectivity index (χ1) is 16.3. The molecule has 10 nitrogen and oxygen atoms in total. The number of hydrogen-bond acceptors (Lipinski definition) is 6. The van der Waals surface area contributed by atoms with Crippen molar-refractivity contribution in [1.82, 2.24) is 4.90 Å². The Bertz CT molecular complexity index is 1130. The molecule has 0 saturated carbocycles. The summed E-state index contributed by atoms with van der Waals surface area (Å²) < 4.78 is 5.45. The fourth-order valence-electron chi connectivity index (χ4n) is 4.14. The van der Waals surface area contributed by atoms with Crippen LogP contribution in [-0.2, 0) is 20.9 Å². The van der Waals surface area contributed by atoms with Crippen LogP contribution in [0.5, 0.6) is 0 Å². The van der Waals surface area contributed by atoms with Crippen LogP contribution in [0.4, 0.5) is 11.4 Å². The van der Waals surface area contributed by atoms with Gasteiger partial charge in [0.25, 0.3) is 17.7 Å². The molecule has 3 amide bonds. The predicted octanol–water partition coefficient (Wildman–Crippen LogP) is 1.07. The Labute approximate surface area is 196 Å². The van der Waals surface area contributed by atoms with E-state index in [2.05, 4.69) is 5.32 Å². The third kappa shape index (κ3) is 4.50. The first kappa shape index (κ1) is 23.4. The number of benzene rings is 2. The Balaban J connectivity index is 1.46. The van der Waals surface area contributed by atoms with Gasteiger partial charge in [0.2, 0.25) is 0 Å². The minimum Gasteiger partial charge on any atom is -0.384 e. The number of carbonyl (C=O) groups excluding carboxylic acids is 3. The molecule has 34 heavy (non-hydrogen) atoms. The maximum Gasteiger partial charge on any atom is 0.259 e. The number of aliphatic hydroxyl groups is 1. The van der Waals surface area contributed by atoms with Crippen molar-refractivity contribution in [1.29, 1.82) is 5.41 Å². The van der Waals surface area contributed by atoms with Gasteiger partial charge >= 0.3 is 0 Å². The number of fused-ring (bicyclic) bond motifs is 1. The number of rotatable bonds is 7. The molecule has 2 atom stereocenters. The summed E-state index contributed by atoms with van der Waals surface area (Å²) in [6.07, 6.45) is -2.26. The van der Waals surface area contributed by atoms with Crippen LogP contribution in [0, 0.1) is 5.41 Å². The standard InChI is InChI=1S/C24H27N5O5/c1-2-9-28-13-15-5-8-17(12-18(15)23(28)32)29-10-11-34-20(24(29)33)19(30)22(31)27-16-6-3-14(4-7-16)21(25)26/h3-8,12,19-20,30H,2,9-11,13H2,1H3,(H3,25,26)(H,27,31)/t19-,20-/m1/s1. The molecule has 2 aromatic rings. The van der Waals surface area contributed by atoms with E-state index in [1.807, 2.05) is 13.0 Å². The summed E-state index contributed by atoms with van der Waals surface area (Å²) in [4.78, 5) is 41.6. The van der Waals surface area contributed by atoms with Crippen LogP contribution in [-0.4, -0.2) is 65.5 Å². The zero-order valence-electron chi connectivity index (χ0n) is 18.8. The van der Waals surface area contributed by atoms with Crippen LogP contribution in [0.1, 0.15) is 34.8 Å². The molecule has 1 saturated heterocycles. The van der Waals surface area contributed by atoms with E-state index in [0.717, 1.165) is 12.0 Å². The summed E-state index contributed by atoms with van der Waals surface area (Å²) >= 11 is 0. The summed E-state index contributed by atoms with van der Waals surface area (Å²) in [5, 5.41) is 20.5. The van der Waals surface area contributed by atoms with Crippen molar-refractivity contribution in [3.05, 3.63) is 59.2 Å². The van der Waals surface area contributed by atoms with E-state index in [0.29, 0.717) is 35.6 Å². The van der Waals surface area contributed by atoms with Gasteiger partial charge in [-0.25, -0.2) is 0 Å². The summed E-state index contributed by atoms with van der Waals surface area (Å²) in [5.41, 5.74) is 8.29. The molecule has 2 aliphatic heterocycles. The monoisotopic (exact) mass is 465 g/mol. The van der Waals surface area contributed by atoms with Crippen molar-refractivity contribution >= 4 is 34.9 Å². The number of amidine groups is 1. The lowest BCUT2D eigenvalue weighted by Gasteiger charge is -2.34. The zero-order valence-corrected chi connectivity index (χ0v) is 18.8. The third-order valence-electron chi connectivity index (χ3n) is 5.92. The normalized spacial score (nSPS) is 18.6.